The van der Waals surface area contributed by atoms with Gasteiger partial charge in [0, 0.05) is 0 Å². The van der Waals surface area contributed by atoms with Gasteiger partial charge in [-0.1, -0.05) is 0 Å². The maximum atomic E-state index is 5.73. The van der Waals surface area contributed by atoms with Gasteiger partial charge in [-0.05, 0) is 12.1 Å². The van der Waals surface area contributed by atoms with Crippen LogP contribution in [-0.2, 0) is 0 Å². The molecule has 2 aromatic rings. The summed E-state index contributed by atoms with van der Waals surface area (Å²) in [7, 11) is 1.57. The number of ether oxygens (including phenoxy) is 1. The molecule has 3 N–H and O–H groups in total. The summed E-state index contributed by atoms with van der Waals surface area (Å²) >= 11 is 0. The Bertz CT molecular complexity index is 409. The Morgan fingerprint density at radius 2 is 2.25 bits per heavy atom. The summed E-state index contributed by atoms with van der Waals surface area (Å²) in [4.78, 5) is 0. The lowest BCUT2D eigenvalue weighted by atomic mass is 10.2. The van der Waals surface area contributed by atoms with Crippen LogP contribution < -0.4 is 10.5 Å². The largest absolute Gasteiger partial charge is 0.495 e. The predicted octanol–water partition coefficient (Wildman–Crippen LogP) is 0.549. The normalized spacial score (nSPS) is 10.4. The van der Waals surface area contributed by atoms with Crippen LogP contribution in [0.3, 0.4) is 0 Å². The van der Waals surface area contributed by atoms with Crippen molar-refractivity contribution in [2.24, 2.45) is 0 Å². The second kappa shape index (κ2) is 2.37. The highest BCUT2D eigenvalue weighted by Gasteiger charge is 2.06. The molecule has 0 radical (unpaired) electrons. The molecule has 2 rings (SSSR count). The van der Waals surface area contributed by atoms with Gasteiger partial charge in [-0.3, -0.25) is 0 Å². The molecule has 0 spiro atoms. The van der Waals surface area contributed by atoms with Crippen LogP contribution in [0.2, 0.25) is 0 Å². The lowest BCUT2D eigenvalue weighted by Gasteiger charge is -2.02. The van der Waals surface area contributed by atoms with Crippen LogP contribution in [0.1, 0.15) is 0 Å². The third kappa shape index (κ3) is 0.795. The van der Waals surface area contributed by atoms with E-state index in [2.05, 4.69) is 15.4 Å². The van der Waals surface area contributed by atoms with Gasteiger partial charge in [0.25, 0.3) is 0 Å². The number of fused-ring (bicyclic) bond motifs is 1. The van der Waals surface area contributed by atoms with Crippen molar-refractivity contribution in [2.75, 3.05) is 12.8 Å². The topological polar surface area (TPSA) is 76.8 Å². The molecule has 1 aromatic heterocycles. The minimum absolute atomic E-state index is 0.517. The summed E-state index contributed by atoms with van der Waals surface area (Å²) in [6.45, 7) is 0. The number of nitrogen functional groups attached to an aromatic ring is 1. The Labute approximate surface area is 68.5 Å². The Balaban J connectivity index is 2.78. The minimum Gasteiger partial charge on any atom is -0.495 e. The number of benzene rings is 1. The third-order valence-corrected chi connectivity index (χ3v) is 1.71. The summed E-state index contributed by atoms with van der Waals surface area (Å²) in [5.41, 5.74) is 7.64. The van der Waals surface area contributed by atoms with Crippen molar-refractivity contribution in [3.63, 3.8) is 0 Å². The molecule has 0 saturated carbocycles. The number of aromatic amines is 1. The molecule has 0 amide bonds. The summed E-state index contributed by atoms with van der Waals surface area (Å²) in [6.07, 6.45) is 0. The van der Waals surface area contributed by atoms with Crippen LogP contribution in [0, 0.1) is 0 Å². The molecule has 1 heterocycles. The van der Waals surface area contributed by atoms with Gasteiger partial charge >= 0.3 is 0 Å². The van der Waals surface area contributed by atoms with Crippen LogP contribution in [0.5, 0.6) is 5.75 Å². The van der Waals surface area contributed by atoms with E-state index in [-0.39, 0.29) is 0 Å². The van der Waals surface area contributed by atoms with E-state index in [1.165, 1.54) is 0 Å². The number of hydrogen-bond acceptors (Lipinski definition) is 4. The lowest BCUT2D eigenvalue weighted by Crippen LogP contribution is -1.92. The zero-order valence-corrected chi connectivity index (χ0v) is 6.53. The van der Waals surface area contributed by atoms with Crippen molar-refractivity contribution in [1.82, 2.24) is 15.4 Å². The first kappa shape index (κ1) is 6.90. The highest BCUT2D eigenvalue weighted by atomic mass is 16.5. The zero-order valence-electron chi connectivity index (χ0n) is 6.53. The molecule has 1 aromatic carbocycles. The molecule has 12 heavy (non-hydrogen) atoms. The summed E-state index contributed by atoms with van der Waals surface area (Å²) < 4.78 is 5.02. The fraction of sp³-hybridized carbons (Fsp3) is 0.143. The molecule has 0 aliphatic rings. The Morgan fingerprint density at radius 1 is 1.42 bits per heavy atom. The van der Waals surface area contributed by atoms with Crippen molar-refractivity contribution in [2.45, 2.75) is 0 Å². The van der Waals surface area contributed by atoms with Gasteiger partial charge in [-0.25, -0.2) is 0 Å². The van der Waals surface area contributed by atoms with E-state index in [1.807, 2.05) is 0 Å². The Morgan fingerprint density at radius 3 is 3.00 bits per heavy atom. The second-order valence-electron chi connectivity index (χ2n) is 2.37. The van der Waals surface area contributed by atoms with Gasteiger partial charge < -0.3 is 10.5 Å². The predicted molar refractivity (Wildman–Crippen MR) is 44.9 cm³/mol. The molecule has 5 heteroatoms. The van der Waals surface area contributed by atoms with E-state index < -0.39 is 0 Å². The van der Waals surface area contributed by atoms with Crippen molar-refractivity contribution < 1.29 is 4.74 Å². The van der Waals surface area contributed by atoms with Crippen LogP contribution in [-0.4, -0.2) is 22.5 Å². The first-order valence-electron chi connectivity index (χ1n) is 3.46. The number of H-pyrrole nitrogens is 1. The molecule has 0 atom stereocenters. The van der Waals surface area contributed by atoms with E-state index in [0.717, 1.165) is 5.52 Å². The highest BCUT2D eigenvalue weighted by molar-refractivity contribution is 5.89. The standard InChI is InChI=1S/C7H8N4O/c1-12-5-3-2-4-7(6(5)8)10-11-9-4/h2-3H,8H2,1H3,(H,9,10,11). The first-order valence-corrected chi connectivity index (χ1v) is 3.46. The van der Waals surface area contributed by atoms with Crippen LogP contribution in [0.25, 0.3) is 11.0 Å². The smallest absolute Gasteiger partial charge is 0.144 e. The first-order chi connectivity index (χ1) is 5.83. The fourth-order valence-electron chi connectivity index (χ4n) is 1.09. The number of anilines is 1. The summed E-state index contributed by atoms with van der Waals surface area (Å²) in [5.74, 6) is 0.622. The van der Waals surface area contributed by atoms with Crippen LogP contribution in [0.15, 0.2) is 12.1 Å². The van der Waals surface area contributed by atoms with Gasteiger partial charge in [0.1, 0.15) is 22.5 Å². The second-order valence-corrected chi connectivity index (χ2v) is 2.37. The number of aromatic nitrogens is 3. The van der Waals surface area contributed by atoms with Gasteiger partial charge in [0.2, 0.25) is 0 Å². The number of nitrogens with zero attached hydrogens (tertiary/aromatic N) is 2. The number of nitrogens with two attached hydrogens (primary N) is 1. The minimum atomic E-state index is 0.517. The molecular weight excluding hydrogens is 156 g/mol. The number of nitrogens with one attached hydrogen (secondary N) is 1. The van der Waals surface area contributed by atoms with Crippen LogP contribution >= 0.6 is 0 Å². The number of rotatable bonds is 1. The van der Waals surface area contributed by atoms with E-state index in [9.17, 15) is 0 Å². The van der Waals surface area contributed by atoms with Crippen molar-refractivity contribution in [1.29, 1.82) is 0 Å². The van der Waals surface area contributed by atoms with Crippen molar-refractivity contribution in [3.05, 3.63) is 12.1 Å². The van der Waals surface area contributed by atoms with E-state index in [1.54, 1.807) is 19.2 Å². The average molecular weight is 164 g/mol. The number of methoxy groups -OCH3 is 1. The van der Waals surface area contributed by atoms with Gasteiger partial charge in [0.05, 0.1) is 7.11 Å². The molecule has 0 unspecified atom stereocenters. The number of hydrogen-bond donors (Lipinski definition) is 2. The lowest BCUT2D eigenvalue weighted by molar-refractivity contribution is 0.417. The molecular formula is C7H8N4O. The van der Waals surface area contributed by atoms with Gasteiger partial charge in [0.15, 0.2) is 0 Å². The van der Waals surface area contributed by atoms with Crippen LogP contribution in [0.4, 0.5) is 5.69 Å². The molecule has 0 saturated heterocycles. The molecule has 0 aliphatic heterocycles. The van der Waals surface area contributed by atoms with E-state index >= 15 is 0 Å². The van der Waals surface area contributed by atoms with E-state index in [4.69, 9.17) is 10.5 Å². The van der Waals surface area contributed by atoms with Gasteiger partial charge in [-0.2, -0.15) is 15.4 Å². The monoisotopic (exact) mass is 164 g/mol. The molecule has 0 bridgehead atoms. The zero-order chi connectivity index (χ0) is 8.55. The van der Waals surface area contributed by atoms with Crippen molar-refractivity contribution in [3.8, 4) is 5.75 Å². The van der Waals surface area contributed by atoms with Gasteiger partial charge in [-0.15, -0.1) is 0 Å². The third-order valence-electron chi connectivity index (χ3n) is 1.71. The summed E-state index contributed by atoms with van der Waals surface area (Å²) in [6, 6.07) is 3.56. The average Bonchev–Trinajstić information content (AvgIpc) is 2.53. The maximum Gasteiger partial charge on any atom is 0.144 e. The highest BCUT2D eigenvalue weighted by Crippen LogP contribution is 2.26. The quantitative estimate of drug-likeness (QED) is 0.603. The maximum absolute atomic E-state index is 5.73. The van der Waals surface area contributed by atoms with Crippen molar-refractivity contribution >= 4 is 16.7 Å². The fourth-order valence-corrected chi connectivity index (χ4v) is 1.09. The SMILES string of the molecule is COc1ccc2n[nH]nc2c1N. The summed E-state index contributed by atoms with van der Waals surface area (Å²) in [5, 5.41) is 10.3. The van der Waals surface area contributed by atoms with E-state index in [0.29, 0.717) is 17.0 Å². The molecule has 62 valence electrons. The Hall–Kier alpha value is -1.78. The molecule has 5 nitrogen and oxygen atoms in total. The Kier molecular flexibility index (Phi) is 1.36. The molecule has 0 aliphatic carbocycles. The molecule has 0 fully saturated rings.